The van der Waals surface area contributed by atoms with Crippen molar-refractivity contribution in [3.63, 3.8) is 0 Å². The normalized spacial score (nSPS) is 16.1. The van der Waals surface area contributed by atoms with Crippen molar-refractivity contribution in [1.29, 1.82) is 0 Å². The predicted molar refractivity (Wildman–Crippen MR) is 94.4 cm³/mol. The van der Waals surface area contributed by atoms with Crippen molar-refractivity contribution in [3.05, 3.63) is 28.8 Å². The third-order valence-electron chi connectivity index (χ3n) is 4.31. The molecule has 0 spiro atoms. The predicted octanol–water partition coefficient (Wildman–Crippen LogP) is 1.58. The van der Waals surface area contributed by atoms with E-state index in [-0.39, 0.29) is 6.09 Å². The lowest BCUT2D eigenvalue weighted by Crippen LogP contribution is -2.36. The first-order valence-electron chi connectivity index (χ1n) is 8.71. The maximum atomic E-state index is 12.0. The van der Waals surface area contributed by atoms with Crippen LogP contribution in [0.3, 0.4) is 0 Å². The minimum atomic E-state index is -0.258. The molecule has 3 rings (SSSR count). The van der Waals surface area contributed by atoms with E-state index in [1.807, 2.05) is 6.92 Å². The fraction of sp³-hybridized carbons (Fsp3) is 0.556. The Hall–Kier alpha value is -2.28. The van der Waals surface area contributed by atoms with Gasteiger partial charge in [0.25, 0.3) is 0 Å². The fourth-order valence-corrected chi connectivity index (χ4v) is 3.08. The van der Waals surface area contributed by atoms with Crippen molar-refractivity contribution in [1.82, 2.24) is 10.2 Å². The summed E-state index contributed by atoms with van der Waals surface area (Å²) in [5.74, 6) is 1.66. The number of amides is 1. The summed E-state index contributed by atoms with van der Waals surface area (Å²) in [5, 5.41) is 3.30. The number of carbonyl (C=O) groups excluding carboxylic acids is 1. The average Bonchev–Trinajstić information content (AvgIpc) is 3.15. The summed E-state index contributed by atoms with van der Waals surface area (Å²) in [4.78, 5) is 18.3. The molecule has 0 aromatic heterocycles. The molecule has 0 saturated carbocycles. The van der Waals surface area contributed by atoms with Gasteiger partial charge in [0.15, 0.2) is 0 Å². The first-order chi connectivity index (χ1) is 12.2. The molecule has 0 aliphatic carbocycles. The molecule has 0 bridgehead atoms. The van der Waals surface area contributed by atoms with Gasteiger partial charge in [0, 0.05) is 26.7 Å². The fourth-order valence-electron chi connectivity index (χ4n) is 3.08. The van der Waals surface area contributed by atoms with Crippen LogP contribution in [-0.4, -0.2) is 63.4 Å². The SMILES string of the molecule is CCOC(=O)N1CCc2cc(OCCOC)c(C3=NCCN3)cc2C1. The van der Waals surface area contributed by atoms with Crippen molar-refractivity contribution >= 4 is 11.9 Å². The molecule has 1 amide bonds. The number of rotatable bonds is 6. The van der Waals surface area contributed by atoms with Crippen LogP contribution in [0.15, 0.2) is 17.1 Å². The van der Waals surface area contributed by atoms with Gasteiger partial charge in [-0.2, -0.15) is 0 Å². The molecule has 0 radical (unpaired) electrons. The van der Waals surface area contributed by atoms with E-state index in [2.05, 4.69) is 22.4 Å². The Kier molecular flexibility index (Phi) is 5.75. The van der Waals surface area contributed by atoms with Crippen LogP contribution in [0.1, 0.15) is 23.6 Å². The topological polar surface area (TPSA) is 72.4 Å². The molecular weight excluding hydrogens is 322 g/mol. The minimum absolute atomic E-state index is 0.258. The van der Waals surface area contributed by atoms with Gasteiger partial charge in [0.1, 0.15) is 18.2 Å². The Labute approximate surface area is 148 Å². The second-order valence-electron chi connectivity index (χ2n) is 5.99. The number of nitrogens with zero attached hydrogens (tertiary/aromatic N) is 2. The first kappa shape index (κ1) is 17.5. The maximum absolute atomic E-state index is 12.0. The zero-order chi connectivity index (χ0) is 17.6. The number of fused-ring (bicyclic) bond motifs is 1. The average molecular weight is 347 g/mol. The molecular formula is C18H25N3O4. The summed E-state index contributed by atoms with van der Waals surface area (Å²) in [7, 11) is 1.66. The Balaban J connectivity index is 1.85. The highest BCUT2D eigenvalue weighted by atomic mass is 16.6. The summed E-state index contributed by atoms with van der Waals surface area (Å²) >= 11 is 0. The lowest BCUT2D eigenvalue weighted by atomic mass is 9.96. The number of hydrogen-bond acceptors (Lipinski definition) is 6. The summed E-state index contributed by atoms with van der Waals surface area (Å²) in [5.41, 5.74) is 3.26. The molecule has 2 aliphatic rings. The zero-order valence-corrected chi connectivity index (χ0v) is 14.8. The number of hydrogen-bond donors (Lipinski definition) is 1. The van der Waals surface area contributed by atoms with Crippen LogP contribution in [0, 0.1) is 0 Å². The first-order valence-corrected chi connectivity index (χ1v) is 8.71. The van der Waals surface area contributed by atoms with Gasteiger partial charge < -0.3 is 24.4 Å². The van der Waals surface area contributed by atoms with E-state index in [1.54, 1.807) is 12.0 Å². The Morgan fingerprint density at radius 3 is 2.92 bits per heavy atom. The van der Waals surface area contributed by atoms with Crippen LogP contribution in [0.5, 0.6) is 5.75 Å². The zero-order valence-electron chi connectivity index (χ0n) is 14.8. The molecule has 1 aromatic carbocycles. The van der Waals surface area contributed by atoms with E-state index >= 15 is 0 Å². The summed E-state index contributed by atoms with van der Waals surface area (Å²) in [6, 6.07) is 4.16. The number of benzene rings is 1. The summed E-state index contributed by atoms with van der Waals surface area (Å²) in [6.07, 6.45) is 0.529. The van der Waals surface area contributed by atoms with Gasteiger partial charge in [0.2, 0.25) is 0 Å². The molecule has 2 aliphatic heterocycles. The molecule has 0 unspecified atom stereocenters. The smallest absolute Gasteiger partial charge is 0.410 e. The monoisotopic (exact) mass is 347 g/mol. The molecule has 136 valence electrons. The highest BCUT2D eigenvalue weighted by molar-refractivity contribution is 6.02. The standard InChI is InChI=1S/C18H25N3O4/c1-3-24-18(22)21-7-4-13-11-16(25-9-8-23-2)15(10-14(13)12-21)17-19-5-6-20-17/h10-11H,3-9,12H2,1-2H3,(H,19,20). The van der Waals surface area contributed by atoms with Gasteiger partial charge in [-0.15, -0.1) is 0 Å². The number of aliphatic imine (C=N–C) groups is 1. The highest BCUT2D eigenvalue weighted by Crippen LogP contribution is 2.29. The van der Waals surface area contributed by atoms with E-state index in [0.717, 1.165) is 42.2 Å². The maximum Gasteiger partial charge on any atom is 0.410 e. The van der Waals surface area contributed by atoms with Gasteiger partial charge in [-0.1, -0.05) is 0 Å². The summed E-state index contributed by atoms with van der Waals surface area (Å²) < 4.78 is 16.1. The Bertz CT molecular complexity index is 660. The van der Waals surface area contributed by atoms with Crippen molar-refractivity contribution in [2.45, 2.75) is 19.9 Å². The van der Waals surface area contributed by atoms with Crippen molar-refractivity contribution in [3.8, 4) is 5.75 Å². The van der Waals surface area contributed by atoms with E-state index < -0.39 is 0 Å². The quantitative estimate of drug-likeness (QED) is 0.791. The van der Waals surface area contributed by atoms with E-state index in [9.17, 15) is 4.79 Å². The summed E-state index contributed by atoms with van der Waals surface area (Å²) in [6.45, 7) is 6.03. The number of methoxy groups -OCH3 is 1. The molecule has 1 N–H and O–H groups in total. The minimum Gasteiger partial charge on any atom is -0.490 e. The third-order valence-corrected chi connectivity index (χ3v) is 4.31. The second kappa shape index (κ2) is 8.20. The molecule has 0 atom stereocenters. The number of carbonyl (C=O) groups is 1. The lowest BCUT2D eigenvalue weighted by molar-refractivity contribution is 0.102. The van der Waals surface area contributed by atoms with E-state index in [1.165, 1.54) is 5.56 Å². The van der Waals surface area contributed by atoms with Gasteiger partial charge in [-0.3, -0.25) is 4.99 Å². The van der Waals surface area contributed by atoms with Crippen LogP contribution in [-0.2, 0) is 22.4 Å². The van der Waals surface area contributed by atoms with Gasteiger partial charge in [-0.05, 0) is 36.6 Å². The van der Waals surface area contributed by atoms with Crippen LogP contribution >= 0.6 is 0 Å². The number of nitrogens with one attached hydrogen (secondary N) is 1. The van der Waals surface area contributed by atoms with E-state index in [4.69, 9.17) is 14.2 Å². The van der Waals surface area contributed by atoms with Crippen molar-refractivity contribution in [2.24, 2.45) is 4.99 Å². The van der Waals surface area contributed by atoms with Gasteiger partial charge >= 0.3 is 6.09 Å². The Morgan fingerprint density at radius 1 is 1.32 bits per heavy atom. The lowest BCUT2D eigenvalue weighted by Gasteiger charge is -2.29. The van der Waals surface area contributed by atoms with Crippen LogP contribution < -0.4 is 10.1 Å². The molecule has 25 heavy (non-hydrogen) atoms. The number of amidine groups is 1. The molecule has 0 fully saturated rings. The highest BCUT2D eigenvalue weighted by Gasteiger charge is 2.25. The van der Waals surface area contributed by atoms with Crippen LogP contribution in [0.25, 0.3) is 0 Å². The second-order valence-corrected chi connectivity index (χ2v) is 5.99. The third kappa shape index (κ3) is 4.04. The van der Waals surface area contributed by atoms with Crippen molar-refractivity contribution < 1.29 is 19.0 Å². The largest absolute Gasteiger partial charge is 0.490 e. The molecule has 0 saturated heterocycles. The Morgan fingerprint density at radius 2 is 2.20 bits per heavy atom. The van der Waals surface area contributed by atoms with E-state index in [0.29, 0.717) is 32.9 Å². The van der Waals surface area contributed by atoms with Crippen molar-refractivity contribution in [2.75, 3.05) is 46.6 Å². The molecule has 2 heterocycles. The van der Waals surface area contributed by atoms with Crippen LogP contribution in [0.2, 0.25) is 0 Å². The van der Waals surface area contributed by atoms with Gasteiger partial charge in [-0.25, -0.2) is 4.79 Å². The van der Waals surface area contributed by atoms with Crippen LogP contribution in [0.4, 0.5) is 4.79 Å². The van der Waals surface area contributed by atoms with Gasteiger partial charge in [0.05, 0.1) is 25.3 Å². The molecule has 1 aromatic rings. The molecule has 7 nitrogen and oxygen atoms in total. The molecule has 7 heteroatoms. The number of ether oxygens (including phenoxy) is 3.